The number of carbonyl (C=O) groups is 1. The Labute approximate surface area is 179 Å². The van der Waals surface area contributed by atoms with Crippen LogP contribution in [0.1, 0.15) is 28.9 Å². The molecule has 1 aliphatic heterocycles. The van der Waals surface area contributed by atoms with Crippen molar-refractivity contribution in [1.29, 1.82) is 0 Å². The number of hydrogen-bond donors (Lipinski definition) is 1. The maximum atomic E-state index is 13.9. The first-order valence-corrected chi connectivity index (χ1v) is 10.5. The Morgan fingerprint density at radius 2 is 1.87 bits per heavy atom. The van der Waals surface area contributed by atoms with Gasteiger partial charge in [-0.2, -0.15) is 13.2 Å². The number of amides is 1. The molecule has 3 heterocycles. The van der Waals surface area contributed by atoms with Crippen molar-refractivity contribution >= 4 is 23.1 Å². The van der Waals surface area contributed by atoms with E-state index < -0.39 is 17.6 Å². The zero-order valence-corrected chi connectivity index (χ0v) is 17.0. The Balaban J connectivity index is 1.33. The maximum Gasteiger partial charge on any atom is 0.417 e. The number of pyridine rings is 1. The van der Waals surface area contributed by atoms with E-state index in [0.29, 0.717) is 42.3 Å². The monoisotopic (exact) mass is 450 g/mol. The van der Waals surface area contributed by atoms with E-state index in [4.69, 9.17) is 0 Å². The molecule has 162 valence electrons. The van der Waals surface area contributed by atoms with Gasteiger partial charge in [-0.1, -0.05) is 12.1 Å². The number of hydrogen-bond acceptors (Lipinski definition) is 5. The largest absolute Gasteiger partial charge is 0.417 e. The molecule has 0 atom stereocenters. The van der Waals surface area contributed by atoms with Crippen LogP contribution in [0.15, 0.2) is 48.0 Å². The van der Waals surface area contributed by atoms with Gasteiger partial charge in [0.2, 0.25) is 0 Å². The summed E-state index contributed by atoms with van der Waals surface area (Å²) in [6, 6.07) is 8.55. The minimum absolute atomic E-state index is 0.0863. The number of thiazole rings is 1. The predicted molar refractivity (Wildman–Crippen MR) is 109 cm³/mol. The molecule has 2 aromatic heterocycles. The molecule has 1 aromatic carbocycles. The fraction of sp³-hybridized carbons (Fsp3) is 0.286. The van der Waals surface area contributed by atoms with Gasteiger partial charge in [0.05, 0.1) is 5.56 Å². The van der Waals surface area contributed by atoms with E-state index in [1.807, 2.05) is 4.90 Å². The number of anilines is 1. The van der Waals surface area contributed by atoms with Gasteiger partial charge in [0.25, 0.3) is 5.91 Å². The molecule has 1 fully saturated rings. The number of carbonyl (C=O) groups excluding carboxylic acids is 1. The lowest BCUT2D eigenvalue weighted by atomic mass is 10.0. The molecule has 5 nitrogen and oxygen atoms in total. The molecule has 0 spiro atoms. The Bertz CT molecular complexity index is 1060. The lowest BCUT2D eigenvalue weighted by molar-refractivity contribution is -0.137. The van der Waals surface area contributed by atoms with Crippen LogP contribution in [0.3, 0.4) is 0 Å². The number of aromatic nitrogens is 2. The zero-order chi connectivity index (χ0) is 22.0. The summed E-state index contributed by atoms with van der Waals surface area (Å²) in [5.41, 5.74) is -0.199. The average Bonchev–Trinajstić information content (AvgIpc) is 3.24. The number of nitrogens with one attached hydrogen (secondary N) is 1. The van der Waals surface area contributed by atoms with E-state index in [9.17, 15) is 22.4 Å². The van der Waals surface area contributed by atoms with Gasteiger partial charge < -0.3 is 10.2 Å². The second kappa shape index (κ2) is 8.62. The molecule has 3 aromatic rings. The fourth-order valence-corrected chi connectivity index (χ4v) is 4.22. The maximum absolute atomic E-state index is 13.9. The summed E-state index contributed by atoms with van der Waals surface area (Å²) >= 11 is 1.20. The van der Waals surface area contributed by atoms with Crippen LogP contribution in [-0.2, 0) is 6.18 Å². The third-order valence-corrected chi connectivity index (χ3v) is 5.95. The minimum atomic E-state index is -4.41. The summed E-state index contributed by atoms with van der Waals surface area (Å²) in [7, 11) is 0. The smallest absolute Gasteiger partial charge is 0.356 e. The summed E-state index contributed by atoms with van der Waals surface area (Å²) < 4.78 is 51.9. The van der Waals surface area contributed by atoms with Gasteiger partial charge in [-0.05, 0) is 37.1 Å². The van der Waals surface area contributed by atoms with Gasteiger partial charge in [-0.15, -0.1) is 11.3 Å². The Hall–Kier alpha value is -3.01. The number of halogens is 4. The van der Waals surface area contributed by atoms with Crippen LogP contribution in [0.5, 0.6) is 0 Å². The Kier molecular flexibility index (Phi) is 5.90. The molecule has 1 amide bonds. The molecule has 0 radical (unpaired) electrons. The van der Waals surface area contributed by atoms with Crippen LogP contribution < -0.4 is 10.2 Å². The third-order valence-electron chi connectivity index (χ3n) is 5.07. The highest BCUT2D eigenvalue weighted by atomic mass is 32.1. The third kappa shape index (κ3) is 4.84. The summed E-state index contributed by atoms with van der Waals surface area (Å²) in [5.74, 6) is -0.246. The highest BCUT2D eigenvalue weighted by Crippen LogP contribution is 2.30. The molecule has 0 unspecified atom stereocenters. The van der Waals surface area contributed by atoms with Crippen LogP contribution in [0.4, 0.5) is 23.4 Å². The molecule has 1 N–H and O–H groups in total. The molecule has 1 aliphatic rings. The number of alkyl halides is 3. The van der Waals surface area contributed by atoms with Crippen molar-refractivity contribution in [1.82, 2.24) is 15.3 Å². The van der Waals surface area contributed by atoms with Crippen molar-refractivity contribution in [3.63, 3.8) is 0 Å². The fourth-order valence-electron chi connectivity index (χ4n) is 3.39. The summed E-state index contributed by atoms with van der Waals surface area (Å²) in [6.07, 6.45) is -2.33. The molecule has 31 heavy (non-hydrogen) atoms. The highest BCUT2D eigenvalue weighted by molar-refractivity contribution is 7.13. The molecule has 4 rings (SSSR count). The SMILES string of the molecule is O=C(NC1CCN(c2ccc(C(F)(F)F)cn2)CC1)c1csc(-c2ccccc2F)n1. The highest BCUT2D eigenvalue weighted by Gasteiger charge is 2.31. The van der Waals surface area contributed by atoms with Crippen molar-refractivity contribution in [2.75, 3.05) is 18.0 Å². The lowest BCUT2D eigenvalue weighted by Crippen LogP contribution is -2.45. The number of nitrogens with zero attached hydrogens (tertiary/aromatic N) is 3. The first-order chi connectivity index (χ1) is 14.8. The molecule has 1 saturated heterocycles. The van der Waals surface area contributed by atoms with Gasteiger partial charge >= 0.3 is 6.18 Å². The number of benzene rings is 1. The average molecular weight is 450 g/mol. The van der Waals surface area contributed by atoms with Gasteiger partial charge in [0.15, 0.2) is 0 Å². The van der Waals surface area contributed by atoms with Gasteiger partial charge in [-0.25, -0.2) is 14.4 Å². The van der Waals surface area contributed by atoms with Crippen LogP contribution in [0.25, 0.3) is 10.6 Å². The molecular weight excluding hydrogens is 432 g/mol. The molecule has 0 saturated carbocycles. The van der Waals surface area contributed by atoms with Gasteiger partial charge in [0, 0.05) is 36.3 Å². The van der Waals surface area contributed by atoms with Crippen molar-refractivity contribution in [3.8, 4) is 10.6 Å². The van der Waals surface area contributed by atoms with E-state index in [1.54, 1.807) is 23.6 Å². The molecule has 0 aliphatic carbocycles. The predicted octanol–water partition coefficient (Wildman–Crippen LogP) is 4.76. The first-order valence-electron chi connectivity index (χ1n) is 9.61. The van der Waals surface area contributed by atoms with Crippen LogP contribution >= 0.6 is 11.3 Å². The molecule has 10 heteroatoms. The van der Waals surface area contributed by atoms with Gasteiger partial charge in [-0.3, -0.25) is 4.79 Å². The van der Waals surface area contributed by atoms with E-state index in [2.05, 4.69) is 15.3 Å². The van der Waals surface area contributed by atoms with E-state index in [0.717, 1.165) is 12.3 Å². The van der Waals surface area contributed by atoms with E-state index in [-0.39, 0.29) is 17.6 Å². The van der Waals surface area contributed by atoms with Crippen molar-refractivity contribution in [3.05, 3.63) is 65.0 Å². The minimum Gasteiger partial charge on any atom is -0.356 e. The summed E-state index contributed by atoms with van der Waals surface area (Å²) in [4.78, 5) is 22.6. The van der Waals surface area contributed by atoms with Crippen LogP contribution in [0.2, 0.25) is 0 Å². The second-order valence-corrected chi connectivity index (χ2v) is 8.01. The van der Waals surface area contributed by atoms with Crippen molar-refractivity contribution in [2.24, 2.45) is 0 Å². The normalized spacial score (nSPS) is 15.2. The number of piperidine rings is 1. The van der Waals surface area contributed by atoms with Crippen molar-refractivity contribution in [2.45, 2.75) is 25.1 Å². The molecular formula is C21H18F4N4OS. The van der Waals surface area contributed by atoms with Crippen molar-refractivity contribution < 1.29 is 22.4 Å². The van der Waals surface area contributed by atoms with Crippen LogP contribution in [0, 0.1) is 5.82 Å². The zero-order valence-electron chi connectivity index (χ0n) is 16.2. The topological polar surface area (TPSA) is 58.1 Å². The Morgan fingerprint density at radius 3 is 2.52 bits per heavy atom. The summed E-state index contributed by atoms with van der Waals surface area (Å²) in [6.45, 7) is 1.11. The van der Waals surface area contributed by atoms with E-state index >= 15 is 0 Å². The van der Waals surface area contributed by atoms with Gasteiger partial charge in [0.1, 0.15) is 22.3 Å². The number of rotatable bonds is 4. The second-order valence-electron chi connectivity index (χ2n) is 7.16. The lowest BCUT2D eigenvalue weighted by Gasteiger charge is -2.33. The standard InChI is InChI=1S/C21H18F4N4OS/c22-16-4-2-1-3-15(16)20-28-17(12-31-20)19(30)27-14-7-9-29(10-8-14)18-6-5-13(11-26-18)21(23,24)25/h1-6,11-12,14H,7-10H2,(H,27,30). The Morgan fingerprint density at radius 1 is 1.13 bits per heavy atom. The van der Waals surface area contributed by atoms with E-state index in [1.165, 1.54) is 23.5 Å². The summed E-state index contributed by atoms with van der Waals surface area (Å²) in [5, 5.41) is 4.96. The first kappa shape index (κ1) is 21.2. The molecule has 0 bridgehead atoms. The van der Waals surface area contributed by atoms with Crippen LogP contribution in [-0.4, -0.2) is 35.0 Å². The quantitative estimate of drug-likeness (QED) is 0.583.